The van der Waals surface area contributed by atoms with Gasteiger partial charge in [0, 0.05) is 25.8 Å². The molecule has 3 rings (SSSR count). The number of anilines is 1. The number of para-hydroxylation sites is 1. The van der Waals surface area contributed by atoms with Crippen molar-refractivity contribution in [2.24, 2.45) is 0 Å². The van der Waals surface area contributed by atoms with Crippen molar-refractivity contribution in [1.29, 1.82) is 0 Å². The number of ether oxygens (including phenoxy) is 3. The van der Waals surface area contributed by atoms with Crippen LogP contribution in [0.3, 0.4) is 0 Å². The van der Waals surface area contributed by atoms with Crippen LogP contribution in [-0.4, -0.2) is 51.4 Å². The van der Waals surface area contributed by atoms with Crippen LogP contribution in [-0.2, 0) is 11.3 Å². The first kappa shape index (κ1) is 18.0. The third-order valence-corrected chi connectivity index (χ3v) is 4.25. The number of hydrogen-bond acceptors (Lipinski definition) is 6. The van der Waals surface area contributed by atoms with Gasteiger partial charge in [-0.15, -0.1) is 0 Å². The SMILES string of the molecule is COc1cccc(C(=O)NCc2ccnc(N3CCOCC3)c2)c1OC. The first-order valence-electron chi connectivity index (χ1n) is 8.49. The molecule has 0 aliphatic carbocycles. The summed E-state index contributed by atoms with van der Waals surface area (Å²) in [5, 5.41) is 2.93. The highest BCUT2D eigenvalue weighted by molar-refractivity contribution is 5.97. The molecule has 0 saturated carbocycles. The van der Waals surface area contributed by atoms with Crippen LogP contribution in [0, 0.1) is 0 Å². The fourth-order valence-electron chi connectivity index (χ4n) is 2.88. The predicted molar refractivity (Wildman–Crippen MR) is 98.0 cm³/mol. The molecule has 1 fully saturated rings. The summed E-state index contributed by atoms with van der Waals surface area (Å²) in [6.45, 7) is 3.46. The second kappa shape index (κ2) is 8.53. The van der Waals surface area contributed by atoms with Crippen molar-refractivity contribution in [1.82, 2.24) is 10.3 Å². The number of methoxy groups -OCH3 is 2. The third-order valence-electron chi connectivity index (χ3n) is 4.25. The lowest BCUT2D eigenvalue weighted by Gasteiger charge is -2.28. The van der Waals surface area contributed by atoms with E-state index < -0.39 is 0 Å². The van der Waals surface area contributed by atoms with E-state index in [1.165, 1.54) is 7.11 Å². The van der Waals surface area contributed by atoms with Gasteiger partial charge in [-0.1, -0.05) is 6.07 Å². The highest BCUT2D eigenvalue weighted by atomic mass is 16.5. The molecule has 0 spiro atoms. The van der Waals surface area contributed by atoms with Crippen LogP contribution >= 0.6 is 0 Å². The van der Waals surface area contributed by atoms with Gasteiger partial charge in [0.25, 0.3) is 5.91 Å². The van der Waals surface area contributed by atoms with Crippen LogP contribution < -0.4 is 19.7 Å². The Morgan fingerprint density at radius 2 is 2.04 bits per heavy atom. The number of nitrogens with zero attached hydrogens (tertiary/aromatic N) is 2. The van der Waals surface area contributed by atoms with E-state index in [4.69, 9.17) is 14.2 Å². The minimum Gasteiger partial charge on any atom is -0.493 e. The maximum Gasteiger partial charge on any atom is 0.255 e. The zero-order chi connectivity index (χ0) is 18.4. The Hall–Kier alpha value is -2.80. The number of amides is 1. The van der Waals surface area contributed by atoms with Crippen LogP contribution in [0.25, 0.3) is 0 Å². The van der Waals surface area contributed by atoms with Gasteiger partial charge in [-0.25, -0.2) is 4.98 Å². The van der Waals surface area contributed by atoms with Gasteiger partial charge in [0.1, 0.15) is 5.82 Å². The van der Waals surface area contributed by atoms with Crippen molar-refractivity contribution in [3.63, 3.8) is 0 Å². The molecule has 2 aromatic rings. The summed E-state index contributed by atoms with van der Waals surface area (Å²) in [6.07, 6.45) is 1.76. The maximum atomic E-state index is 12.6. The molecule has 0 bridgehead atoms. The lowest BCUT2D eigenvalue weighted by atomic mass is 10.1. The standard InChI is InChI=1S/C19H23N3O4/c1-24-16-5-3-4-15(18(16)25-2)19(23)21-13-14-6-7-20-17(12-14)22-8-10-26-11-9-22/h3-7,12H,8-11,13H2,1-2H3,(H,21,23). The summed E-state index contributed by atoms with van der Waals surface area (Å²) in [7, 11) is 3.07. The first-order chi connectivity index (χ1) is 12.7. The lowest BCUT2D eigenvalue weighted by Crippen LogP contribution is -2.36. The number of carbonyl (C=O) groups is 1. The molecule has 0 radical (unpaired) electrons. The number of nitrogens with one attached hydrogen (secondary N) is 1. The van der Waals surface area contributed by atoms with E-state index in [9.17, 15) is 4.79 Å². The van der Waals surface area contributed by atoms with Crippen molar-refractivity contribution in [2.45, 2.75) is 6.54 Å². The van der Waals surface area contributed by atoms with E-state index in [0.29, 0.717) is 36.8 Å². The minimum atomic E-state index is -0.217. The van der Waals surface area contributed by atoms with Crippen molar-refractivity contribution in [3.05, 3.63) is 47.7 Å². The molecular weight excluding hydrogens is 334 g/mol. The molecule has 1 aromatic heterocycles. The van der Waals surface area contributed by atoms with E-state index in [1.807, 2.05) is 12.1 Å². The quantitative estimate of drug-likeness (QED) is 0.851. The molecule has 2 heterocycles. The molecule has 7 nitrogen and oxygen atoms in total. The van der Waals surface area contributed by atoms with Crippen LogP contribution in [0.4, 0.5) is 5.82 Å². The monoisotopic (exact) mass is 357 g/mol. The molecule has 0 atom stereocenters. The summed E-state index contributed by atoms with van der Waals surface area (Å²) in [4.78, 5) is 19.2. The van der Waals surface area contributed by atoms with Crippen molar-refractivity contribution < 1.29 is 19.0 Å². The molecule has 0 unspecified atom stereocenters. The zero-order valence-electron chi connectivity index (χ0n) is 15.0. The highest BCUT2D eigenvalue weighted by Crippen LogP contribution is 2.30. The number of rotatable bonds is 6. The summed E-state index contributed by atoms with van der Waals surface area (Å²) >= 11 is 0. The van der Waals surface area contributed by atoms with Gasteiger partial charge in [-0.2, -0.15) is 0 Å². The number of carbonyl (C=O) groups excluding carboxylic acids is 1. The summed E-state index contributed by atoms with van der Waals surface area (Å²) in [6, 6.07) is 9.12. The average Bonchev–Trinajstić information content (AvgIpc) is 2.72. The Balaban J connectivity index is 1.68. The smallest absolute Gasteiger partial charge is 0.255 e. The number of benzene rings is 1. The molecule has 1 aromatic carbocycles. The van der Waals surface area contributed by atoms with Gasteiger partial charge >= 0.3 is 0 Å². The fraction of sp³-hybridized carbons (Fsp3) is 0.368. The summed E-state index contributed by atoms with van der Waals surface area (Å²) < 4.78 is 15.9. The predicted octanol–water partition coefficient (Wildman–Crippen LogP) is 1.87. The zero-order valence-corrected chi connectivity index (χ0v) is 15.0. The van der Waals surface area contributed by atoms with Gasteiger partial charge in [0.05, 0.1) is 33.0 Å². The molecule has 1 aliphatic rings. The second-order valence-electron chi connectivity index (χ2n) is 5.85. The number of hydrogen-bond donors (Lipinski definition) is 1. The Labute approximate surface area is 152 Å². The van der Waals surface area contributed by atoms with E-state index >= 15 is 0 Å². The van der Waals surface area contributed by atoms with Gasteiger partial charge in [0.15, 0.2) is 11.5 Å². The number of morpholine rings is 1. The molecule has 1 aliphatic heterocycles. The van der Waals surface area contributed by atoms with Gasteiger partial charge < -0.3 is 24.4 Å². The topological polar surface area (TPSA) is 72.9 Å². The lowest BCUT2D eigenvalue weighted by molar-refractivity contribution is 0.0947. The Morgan fingerprint density at radius 3 is 2.77 bits per heavy atom. The largest absolute Gasteiger partial charge is 0.493 e. The highest BCUT2D eigenvalue weighted by Gasteiger charge is 2.17. The van der Waals surface area contributed by atoms with Gasteiger partial charge in [0.2, 0.25) is 0 Å². The Bertz CT molecular complexity index is 760. The van der Waals surface area contributed by atoms with E-state index in [1.54, 1.807) is 31.5 Å². The molecule has 26 heavy (non-hydrogen) atoms. The van der Waals surface area contributed by atoms with Gasteiger partial charge in [-0.05, 0) is 29.8 Å². The van der Waals surface area contributed by atoms with Crippen LogP contribution in [0.2, 0.25) is 0 Å². The van der Waals surface area contributed by atoms with E-state index in [-0.39, 0.29) is 5.91 Å². The minimum absolute atomic E-state index is 0.217. The second-order valence-corrected chi connectivity index (χ2v) is 5.85. The number of pyridine rings is 1. The fourth-order valence-corrected chi connectivity index (χ4v) is 2.88. The van der Waals surface area contributed by atoms with Crippen LogP contribution in [0.15, 0.2) is 36.5 Å². The van der Waals surface area contributed by atoms with Crippen molar-refractivity contribution in [3.8, 4) is 11.5 Å². The van der Waals surface area contributed by atoms with Crippen molar-refractivity contribution >= 4 is 11.7 Å². The summed E-state index contributed by atoms with van der Waals surface area (Å²) in [5.74, 6) is 1.64. The first-order valence-corrected chi connectivity index (χ1v) is 8.49. The van der Waals surface area contributed by atoms with E-state index in [0.717, 1.165) is 24.5 Å². The summed E-state index contributed by atoms with van der Waals surface area (Å²) in [5.41, 5.74) is 1.42. The molecule has 1 saturated heterocycles. The molecular formula is C19H23N3O4. The Morgan fingerprint density at radius 1 is 1.23 bits per heavy atom. The normalized spacial score (nSPS) is 14.0. The molecule has 1 N–H and O–H groups in total. The molecule has 1 amide bonds. The number of aromatic nitrogens is 1. The van der Waals surface area contributed by atoms with Crippen molar-refractivity contribution in [2.75, 3.05) is 45.4 Å². The Kier molecular flexibility index (Phi) is 5.91. The van der Waals surface area contributed by atoms with E-state index in [2.05, 4.69) is 15.2 Å². The van der Waals surface area contributed by atoms with Crippen LogP contribution in [0.1, 0.15) is 15.9 Å². The van der Waals surface area contributed by atoms with Gasteiger partial charge in [-0.3, -0.25) is 4.79 Å². The van der Waals surface area contributed by atoms with Crippen LogP contribution in [0.5, 0.6) is 11.5 Å². The average molecular weight is 357 g/mol. The maximum absolute atomic E-state index is 12.6. The molecule has 7 heteroatoms. The molecule has 138 valence electrons. The third kappa shape index (κ3) is 4.05.